The van der Waals surface area contributed by atoms with Gasteiger partial charge in [0, 0.05) is 12.6 Å². The van der Waals surface area contributed by atoms with E-state index in [1.165, 1.54) is 0 Å². The van der Waals surface area contributed by atoms with Crippen LogP contribution in [0, 0.1) is 11.3 Å². The number of likely N-dealkylation sites (tertiary alicyclic amines) is 1. The molecule has 1 heterocycles. The number of hydrogen-bond donors (Lipinski definition) is 2. The molecular formula is C13H24N2O3. The number of aliphatic carboxylic acids is 1. The molecule has 3 N–H and O–H groups in total. The van der Waals surface area contributed by atoms with Crippen LogP contribution in [0.4, 0.5) is 0 Å². The second-order valence-corrected chi connectivity index (χ2v) is 6.28. The molecule has 1 saturated heterocycles. The van der Waals surface area contributed by atoms with E-state index >= 15 is 0 Å². The van der Waals surface area contributed by atoms with Crippen LogP contribution in [-0.4, -0.2) is 40.5 Å². The van der Waals surface area contributed by atoms with Gasteiger partial charge >= 0.3 is 5.97 Å². The van der Waals surface area contributed by atoms with Crippen molar-refractivity contribution in [3.63, 3.8) is 0 Å². The van der Waals surface area contributed by atoms with Gasteiger partial charge in [0.15, 0.2) is 0 Å². The number of amides is 1. The van der Waals surface area contributed by atoms with Gasteiger partial charge in [0.05, 0.1) is 12.0 Å². The third-order valence-electron chi connectivity index (χ3n) is 3.71. The second-order valence-electron chi connectivity index (χ2n) is 6.28. The first-order valence-electron chi connectivity index (χ1n) is 6.43. The molecule has 0 saturated carbocycles. The van der Waals surface area contributed by atoms with Crippen molar-refractivity contribution in [3.05, 3.63) is 0 Å². The monoisotopic (exact) mass is 256 g/mol. The van der Waals surface area contributed by atoms with Gasteiger partial charge in [0.2, 0.25) is 5.91 Å². The summed E-state index contributed by atoms with van der Waals surface area (Å²) in [5, 5.41) is 8.99. The first kappa shape index (κ1) is 15.0. The maximum absolute atomic E-state index is 12.3. The molecule has 0 aromatic rings. The average molecular weight is 256 g/mol. The summed E-state index contributed by atoms with van der Waals surface area (Å²) < 4.78 is 0. The Morgan fingerprint density at radius 1 is 1.39 bits per heavy atom. The fraction of sp³-hybridized carbons (Fsp3) is 0.846. The third-order valence-corrected chi connectivity index (χ3v) is 3.71. The third kappa shape index (κ3) is 3.22. The largest absolute Gasteiger partial charge is 0.481 e. The van der Waals surface area contributed by atoms with Crippen molar-refractivity contribution in [3.8, 4) is 0 Å². The van der Waals surface area contributed by atoms with Crippen LogP contribution in [0.3, 0.4) is 0 Å². The molecule has 0 bridgehead atoms. The minimum Gasteiger partial charge on any atom is -0.481 e. The van der Waals surface area contributed by atoms with E-state index in [9.17, 15) is 9.59 Å². The van der Waals surface area contributed by atoms with Gasteiger partial charge in [-0.05, 0) is 25.2 Å². The first-order chi connectivity index (χ1) is 8.14. The van der Waals surface area contributed by atoms with Crippen molar-refractivity contribution in [1.82, 2.24) is 4.90 Å². The van der Waals surface area contributed by atoms with Crippen LogP contribution in [-0.2, 0) is 9.59 Å². The Morgan fingerprint density at radius 2 is 1.94 bits per heavy atom. The number of carboxylic acids is 1. The lowest BCUT2D eigenvalue weighted by Crippen LogP contribution is -2.55. The van der Waals surface area contributed by atoms with Crippen molar-refractivity contribution in [2.24, 2.45) is 17.1 Å². The molecular weight excluding hydrogens is 232 g/mol. The van der Waals surface area contributed by atoms with Crippen LogP contribution in [0.1, 0.15) is 40.5 Å². The molecule has 0 radical (unpaired) electrons. The zero-order valence-electron chi connectivity index (χ0n) is 11.6. The molecule has 0 aromatic heterocycles. The number of carboxylic acid groups (broad SMARTS) is 1. The quantitative estimate of drug-likeness (QED) is 0.774. The molecule has 1 aliphatic rings. The summed E-state index contributed by atoms with van der Waals surface area (Å²) in [6.07, 6.45) is 1.03. The molecule has 1 fully saturated rings. The van der Waals surface area contributed by atoms with E-state index in [-0.39, 0.29) is 23.3 Å². The number of hydrogen-bond acceptors (Lipinski definition) is 3. The lowest BCUT2D eigenvalue weighted by atomic mass is 9.84. The summed E-state index contributed by atoms with van der Waals surface area (Å²) in [5.74, 6) is -1.18. The number of carbonyl (C=O) groups excluding carboxylic acids is 1. The summed E-state index contributed by atoms with van der Waals surface area (Å²) in [4.78, 5) is 25.0. The van der Waals surface area contributed by atoms with Crippen molar-refractivity contribution in [1.29, 1.82) is 0 Å². The van der Waals surface area contributed by atoms with Crippen LogP contribution < -0.4 is 5.73 Å². The van der Waals surface area contributed by atoms with Gasteiger partial charge in [-0.3, -0.25) is 9.59 Å². The van der Waals surface area contributed by atoms with Crippen LogP contribution in [0.5, 0.6) is 0 Å². The second kappa shape index (κ2) is 5.26. The molecule has 5 nitrogen and oxygen atoms in total. The highest BCUT2D eigenvalue weighted by Gasteiger charge is 2.37. The maximum atomic E-state index is 12.3. The fourth-order valence-corrected chi connectivity index (χ4v) is 2.27. The normalized spacial score (nSPS) is 26.8. The number of rotatable bonds is 2. The van der Waals surface area contributed by atoms with Crippen LogP contribution in [0.25, 0.3) is 0 Å². The minimum absolute atomic E-state index is 0.0549. The minimum atomic E-state index is -0.769. The van der Waals surface area contributed by atoms with Gasteiger partial charge in [0.1, 0.15) is 0 Å². The van der Waals surface area contributed by atoms with Crippen molar-refractivity contribution >= 4 is 11.9 Å². The SMILES string of the molecule is CC1CC(C(=O)O)CCN1C(=O)[C@@H](N)C(C)(C)C. The predicted octanol–water partition coefficient (Wildman–Crippen LogP) is 1.07. The van der Waals surface area contributed by atoms with E-state index in [0.717, 1.165) is 0 Å². The molecule has 104 valence electrons. The fourth-order valence-electron chi connectivity index (χ4n) is 2.27. The molecule has 18 heavy (non-hydrogen) atoms. The van der Waals surface area contributed by atoms with Gasteiger partial charge in [-0.2, -0.15) is 0 Å². The lowest BCUT2D eigenvalue weighted by molar-refractivity contribution is -0.148. The van der Waals surface area contributed by atoms with E-state index in [1.807, 2.05) is 27.7 Å². The molecule has 2 unspecified atom stereocenters. The summed E-state index contributed by atoms with van der Waals surface area (Å²) in [5.41, 5.74) is 5.70. The lowest BCUT2D eigenvalue weighted by Gasteiger charge is -2.40. The molecule has 0 spiro atoms. The number of carbonyl (C=O) groups is 2. The standard InChI is InChI=1S/C13H24N2O3/c1-8-7-9(12(17)18)5-6-15(8)11(16)10(14)13(2,3)4/h8-10H,5-7,14H2,1-4H3,(H,17,18)/t8?,9?,10-/m1/s1. The summed E-state index contributed by atoms with van der Waals surface area (Å²) in [7, 11) is 0. The summed E-state index contributed by atoms with van der Waals surface area (Å²) in [6.45, 7) is 8.18. The first-order valence-corrected chi connectivity index (χ1v) is 6.43. The molecule has 0 aliphatic carbocycles. The zero-order chi connectivity index (χ0) is 14.1. The average Bonchev–Trinajstić information content (AvgIpc) is 2.25. The van der Waals surface area contributed by atoms with Crippen molar-refractivity contribution < 1.29 is 14.7 Å². The van der Waals surface area contributed by atoms with E-state index in [2.05, 4.69) is 0 Å². The Bertz CT molecular complexity index is 336. The predicted molar refractivity (Wildman–Crippen MR) is 69.0 cm³/mol. The number of piperidine rings is 1. The van der Waals surface area contributed by atoms with Crippen molar-refractivity contribution in [2.45, 2.75) is 52.6 Å². The number of nitrogens with zero attached hydrogens (tertiary/aromatic N) is 1. The highest BCUT2D eigenvalue weighted by Crippen LogP contribution is 2.26. The topological polar surface area (TPSA) is 83.6 Å². The van der Waals surface area contributed by atoms with Crippen LogP contribution in [0.15, 0.2) is 0 Å². The molecule has 3 atom stereocenters. The van der Waals surface area contributed by atoms with E-state index in [0.29, 0.717) is 19.4 Å². The van der Waals surface area contributed by atoms with Gasteiger partial charge in [-0.15, -0.1) is 0 Å². The highest BCUT2D eigenvalue weighted by atomic mass is 16.4. The smallest absolute Gasteiger partial charge is 0.306 e. The van der Waals surface area contributed by atoms with E-state index in [1.54, 1.807) is 4.90 Å². The van der Waals surface area contributed by atoms with E-state index < -0.39 is 12.0 Å². The highest BCUT2D eigenvalue weighted by molar-refractivity contribution is 5.83. The van der Waals surface area contributed by atoms with Gasteiger partial charge in [-0.1, -0.05) is 20.8 Å². The van der Waals surface area contributed by atoms with Gasteiger partial charge in [-0.25, -0.2) is 0 Å². The molecule has 1 rings (SSSR count). The Morgan fingerprint density at radius 3 is 2.33 bits per heavy atom. The Hall–Kier alpha value is -1.10. The Labute approximate surface area is 108 Å². The van der Waals surface area contributed by atoms with Gasteiger partial charge in [0.25, 0.3) is 0 Å². The summed E-state index contributed by atoms with van der Waals surface area (Å²) in [6, 6.07) is -0.595. The van der Waals surface area contributed by atoms with E-state index in [4.69, 9.17) is 10.8 Å². The Kier molecular flexibility index (Phi) is 4.37. The molecule has 1 amide bonds. The molecule has 1 aliphatic heterocycles. The summed E-state index contributed by atoms with van der Waals surface area (Å²) >= 11 is 0. The Balaban J connectivity index is 2.70. The molecule has 5 heteroatoms. The van der Waals surface area contributed by atoms with Crippen LogP contribution in [0.2, 0.25) is 0 Å². The maximum Gasteiger partial charge on any atom is 0.306 e. The zero-order valence-corrected chi connectivity index (χ0v) is 11.6. The van der Waals surface area contributed by atoms with Crippen LogP contribution >= 0.6 is 0 Å². The van der Waals surface area contributed by atoms with Crippen molar-refractivity contribution in [2.75, 3.05) is 6.54 Å². The number of nitrogens with two attached hydrogens (primary N) is 1. The van der Waals surface area contributed by atoms with Gasteiger partial charge < -0.3 is 15.7 Å². The molecule has 0 aromatic carbocycles.